The minimum absolute atomic E-state index is 0.257. The Labute approximate surface area is 117 Å². The molecule has 0 saturated carbocycles. The molecule has 0 amide bonds. The maximum Gasteiger partial charge on any atom is 0.119 e. The van der Waals surface area contributed by atoms with E-state index >= 15 is 0 Å². The lowest BCUT2D eigenvalue weighted by atomic mass is 10.2. The predicted octanol–water partition coefficient (Wildman–Crippen LogP) is 3.34. The Balaban J connectivity index is 1.88. The van der Waals surface area contributed by atoms with Crippen molar-refractivity contribution in [1.82, 2.24) is 4.98 Å². The fourth-order valence-corrected chi connectivity index (χ4v) is 2.28. The molecule has 2 rings (SSSR count). The van der Waals surface area contributed by atoms with E-state index < -0.39 is 0 Å². The van der Waals surface area contributed by atoms with E-state index in [1.807, 2.05) is 36.0 Å². The van der Waals surface area contributed by atoms with Crippen molar-refractivity contribution in [2.24, 2.45) is 0 Å². The molecule has 0 bridgehead atoms. The lowest BCUT2D eigenvalue weighted by molar-refractivity contribution is 0.146. The van der Waals surface area contributed by atoms with Crippen LogP contribution in [0, 0.1) is 0 Å². The fraction of sp³-hybridized carbons (Fsp3) is 0.357. The summed E-state index contributed by atoms with van der Waals surface area (Å²) in [5.41, 5.74) is 2.92. The van der Waals surface area contributed by atoms with Gasteiger partial charge in [-0.1, -0.05) is 0 Å². The maximum atomic E-state index is 5.52. The van der Waals surface area contributed by atoms with Gasteiger partial charge in [-0.3, -0.25) is 4.98 Å². The molecule has 1 aromatic carbocycles. The normalized spacial score (nSPS) is 12.1. The fourth-order valence-electron chi connectivity index (χ4n) is 1.65. The molecule has 0 radical (unpaired) electrons. The summed E-state index contributed by atoms with van der Waals surface area (Å²) in [6.07, 6.45) is 1.89. The Morgan fingerprint density at radius 1 is 1.26 bits per heavy atom. The SMILES string of the molecule is COCCOc1ccc(NC(C)c2cncs2)cc1. The molecule has 19 heavy (non-hydrogen) atoms. The first-order chi connectivity index (χ1) is 9.29. The van der Waals surface area contributed by atoms with E-state index in [1.165, 1.54) is 4.88 Å². The number of benzene rings is 1. The number of thiazole rings is 1. The summed E-state index contributed by atoms with van der Waals surface area (Å²) < 4.78 is 10.5. The zero-order valence-electron chi connectivity index (χ0n) is 11.1. The van der Waals surface area contributed by atoms with Gasteiger partial charge in [0.25, 0.3) is 0 Å². The van der Waals surface area contributed by atoms with Crippen LogP contribution in [0.4, 0.5) is 5.69 Å². The van der Waals surface area contributed by atoms with Crippen LogP contribution in [0.25, 0.3) is 0 Å². The van der Waals surface area contributed by atoms with Gasteiger partial charge in [-0.15, -0.1) is 11.3 Å². The van der Waals surface area contributed by atoms with Crippen molar-refractivity contribution < 1.29 is 9.47 Å². The second kappa shape index (κ2) is 7.11. The van der Waals surface area contributed by atoms with E-state index in [0.717, 1.165) is 11.4 Å². The van der Waals surface area contributed by atoms with Crippen molar-refractivity contribution in [2.45, 2.75) is 13.0 Å². The summed E-state index contributed by atoms with van der Waals surface area (Å²) in [6.45, 7) is 3.29. The molecule has 4 nitrogen and oxygen atoms in total. The molecule has 1 aromatic heterocycles. The average molecular weight is 278 g/mol. The Bertz CT molecular complexity index is 471. The third-order valence-corrected chi connectivity index (χ3v) is 3.63. The Morgan fingerprint density at radius 2 is 2.05 bits per heavy atom. The number of nitrogens with zero attached hydrogens (tertiary/aromatic N) is 1. The smallest absolute Gasteiger partial charge is 0.119 e. The van der Waals surface area contributed by atoms with Crippen molar-refractivity contribution in [3.8, 4) is 5.75 Å². The first-order valence-corrected chi connectivity index (χ1v) is 7.04. The minimum Gasteiger partial charge on any atom is -0.491 e. The quantitative estimate of drug-likeness (QED) is 0.789. The number of anilines is 1. The number of hydrogen-bond donors (Lipinski definition) is 1. The standard InChI is InChI=1S/C14H18N2O2S/c1-11(14-9-15-10-19-14)16-12-3-5-13(6-4-12)18-8-7-17-2/h3-6,9-11,16H,7-8H2,1-2H3. The van der Waals surface area contributed by atoms with E-state index in [1.54, 1.807) is 18.4 Å². The summed E-state index contributed by atoms with van der Waals surface area (Å²) in [7, 11) is 1.66. The maximum absolute atomic E-state index is 5.52. The molecule has 2 aromatic rings. The van der Waals surface area contributed by atoms with E-state index in [0.29, 0.717) is 13.2 Å². The van der Waals surface area contributed by atoms with Crippen LogP contribution < -0.4 is 10.1 Å². The molecule has 0 spiro atoms. The number of aromatic nitrogens is 1. The third-order valence-electron chi connectivity index (χ3n) is 2.67. The number of hydrogen-bond acceptors (Lipinski definition) is 5. The molecule has 1 heterocycles. The van der Waals surface area contributed by atoms with Crippen molar-refractivity contribution in [1.29, 1.82) is 0 Å². The molecule has 0 aliphatic heterocycles. The summed E-state index contributed by atoms with van der Waals surface area (Å²) in [6, 6.07) is 8.20. The van der Waals surface area contributed by atoms with Gasteiger partial charge in [-0.2, -0.15) is 0 Å². The lowest BCUT2D eigenvalue weighted by Crippen LogP contribution is -2.06. The van der Waals surface area contributed by atoms with E-state index in [-0.39, 0.29) is 6.04 Å². The van der Waals surface area contributed by atoms with Crippen LogP contribution in [0.3, 0.4) is 0 Å². The molecule has 0 aliphatic carbocycles. The van der Waals surface area contributed by atoms with E-state index in [9.17, 15) is 0 Å². The molecule has 1 unspecified atom stereocenters. The van der Waals surface area contributed by atoms with Crippen LogP contribution in [-0.4, -0.2) is 25.3 Å². The van der Waals surface area contributed by atoms with Crippen LogP contribution >= 0.6 is 11.3 Å². The number of nitrogens with one attached hydrogen (secondary N) is 1. The average Bonchev–Trinajstić information content (AvgIpc) is 2.95. The third kappa shape index (κ3) is 4.22. The van der Waals surface area contributed by atoms with Crippen molar-refractivity contribution in [3.63, 3.8) is 0 Å². The summed E-state index contributed by atoms with van der Waals surface area (Å²) in [4.78, 5) is 5.31. The second-order valence-electron chi connectivity index (χ2n) is 4.14. The summed E-state index contributed by atoms with van der Waals surface area (Å²) in [5, 5.41) is 3.43. The largest absolute Gasteiger partial charge is 0.491 e. The van der Waals surface area contributed by atoms with Gasteiger partial charge in [0.1, 0.15) is 12.4 Å². The van der Waals surface area contributed by atoms with Crippen molar-refractivity contribution in [3.05, 3.63) is 40.8 Å². The molecular weight excluding hydrogens is 260 g/mol. The van der Waals surface area contributed by atoms with Crippen LogP contribution in [0.2, 0.25) is 0 Å². The van der Waals surface area contributed by atoms with Gasteiger partial charge in [-0.25, -0.2) is 0 Å². The first-order valence-electron chi connectivity index (χ1n) is 6.16. The van der Waals surface area contributed by atoms with Crippen LogP contribution in [0.5, 0.6) is 5.75 Å². The van der Waals surface area contributed by atoms with Gasteiger partial charge < -0.3 is 14.8 Å². The molecule has 0 aliphatic rings. The van der Waals surface area contributed by atoms with Crippen LogP contribution in [0.15, 0.2) is 36.0 Å². The second-order valence-corrected chi connectivity index (χ2v) is 5.05. The van der Waals surface area contributed by atoms with Crippen molar-refractivity contribution in [2.75, 3.05) is 25.6 Å². The first kappa shape index (κ1) is 13.8. The highest BCUT2D eigenvalue weighted by Gasteiger charge is 2.06. The van der Waals surface area contributed by atoms with Gasteiger partial charge >= 0.3 is 0 Å². The Hall–Kier alpha value is -1.59. The zero-order chi connectivity index (χ0) is 13.5. The molecular formula is C14H18N2O2S. The van der Waals surface area contributed by atoms with Gasteiger partial charge in [0, 0.05) is 23.9 Å². The highest BCUT2D eigenvalue weighted by atomic mass is 32.1. The van der Waals surface area contributed by atoms with Crippen molar-refractivity contribution >= 4 is 17.0 Å². The highest BCUT2D eigenvalue weighted by molar-refractivity contribution is 7.09. The molecule has 102 valence electrons. The molecule has 1 atom stereocenters. The monoisotopic (exact) mass is 278 g/mol. The van der Waals surface area contributed by atoms with Gasteiger partial charge in [0.05, 0.1) is 18.2 Å². The minimum atomic E-state index is 0.257. The number of rotatable bonds is 7. The Morgan fingerprint density at radius 3 is 2.68 bits per heavy atom. The molecule has 0 saturated heterocycles. The van der Waals surface area contributed by atoms with Gasteiger partial charge in [0.2, 0.25) is 0 Å². The molecule has 1 N–H and O–H groups in total. The summed E-state index contributed by atoms with van der Waals surface area (Å²) in [5.74, 6) is 0.855. The van der Waals surface area contributed by atoms with E-state index in [4.69, 9.17) is 9.47 Å². The highest BCUT2D eigenvalue weighted by Crippen LogP contribution is 2.23. The zero-order valence-corrected chi connectivity index (χ0v) is 11.9. The topological polar surface area (TPSA) is 43.4 Å². The summed E-state index contributed by atoms with van der Waals surface area (Å²) >= 11 is 1.65. The molecule has 5 heteroatoms. The predicted molar refractivity (Wildman–Crippen MR) is 78.0 cm³/mol. The van der Waals surface area contributed by atoms with E-state index in [2.05, 4.69) is 17.2 Å². The van der Waals surface area contributed by atoms with Gasteiger partial charge in [0.15, 0.2) is 0 Å². The van der Waals surface area contributed by atoms with Gasteiger partial charge in [-0.05, 0) is 31.2 Å². The molecule has 0 fully saturated rings. The number of ether oxygens (including phenoxy) is 2. The lowest BCUT2D eigenvalue weighted by Gasteiger charge is -2.13. The Kier molecular flexibility index (Phi) is 5.18. The van der Waals surface area contributed by atoms with Crippen LogP contribution in [0.1, 0.15) is 17.8 Å². The van der Waals surface area contributed by atoms with Crippen LogP contribution in [-0.2, 0) is 4.74 Å². The number of methoxy groups -OCH3 is 1.